The van der Waals surface area contributed by atoms with Crippen LogP contribution in [-0.4, -0.2) is 18.7 Å². The number of hydrazone groups is 1. The number of amides is 1. The van der Waals surface area contributed by atoms with Crippen molar-refractivity contribution in [2.75, 3.05) is 6.61 Å². The van der Waals surface area contributed by atoms with Crippen LogP contribution in [0.2, 0.25) is 0 Å². The number of rotatable bonds is 5. The van der Waals surface area contributed by atoms with Crippen molar-refractivity contribution in [1.29, 1.82) is 0 Å². The maximum Gasteiger partial charge on any atom is 0.277 e. The molecule has 0 aromatic heterocycles. The molecule has 1 amide bonds. The van der Waals surface area contributed by atoms with Crippen LogP contribution < -0.4 is 10.2 Å². The molecule has 2 rings (SSSR count). The number of benzene rings is 2. The highest BCUT2D eigenvalue weighted by molar-refractivity contribution is 5.85. The lowest BCUT2D eigenvalue weighted by Crippen LogP contribution is -2.24. The number of carbonyl (C=O) groups is 1. The zero-order valence-corrected chi connectivity index (χ0v) is 13.4. The third-order valence-electron chi connectivity index (χ3n) is 3.30. The molecule has 0 aliphatic heterocycles. The molecule has 0 heterocycles. The number of halogens is 1. The normalized spacial score (nSPS) is 10.8. The monoisotopic (exact) mass is 314 g/mol. The van der Waals surface area contributed by atoms with Gasteiger partial charge < -0.3 is 4.74 Å². The summed E-state index contributed by atoms with van der Waals surface area (Å²) in [5, 5.41) is 3.95. The number of ether oxygens (including phenoxy) is 1. The van der Waals surface area contributed by atoms with Crippen LogP contribution in [0.3, 0.4) is 0 Å². The largest absolute Gasteiger partial charge is 0.484 e. The molecule has 1 N–H and O–H groups in total. The molecule has 0 saturated heterocycles. The van der Waals surface area contributed by atoms with Crippen LogP contribution in [0.4, 0.5) is 4.39 Å². The van der Waals surface area contributed by atoms with Crippen molar-refractivity contribution in [1.82, 2.24) is 5.43 Å². The van der Waals surface area contributed by atoms with Crippen LogP contribution in [0.5, 0.6) is 5.75 Å². The van der Waals surface area contributed by atoms with E-state index in [9.17, 15) is 9.18 Å². The van der Waals surface area contributed by atoms with Gasteiger partial charge in [-0.15, -0.1) is 0 Å². The standard InChI is InChI=1S/C18H19FN2O2/c1-12-8-13(2)17(14(3)9-12)10-20-21-18(22)11-23-16-6-4-15(19)5-7-16/h4-10H,11H2,1-3H3,(H,21,22)/b20-10-. The average molecular weight is 314 g/mol. The second-order valence-corrected chi connectivity index (χ2v) is 5.35. The lowest BCUT2D eigenvalue weighted by molar-refractivity contribution is -0.123. The quantitative estimate of drug-likeness (QED) is 0.680. The van der Waals surface area contributed by atoms with Gasteiger partial charge in [0.1, 0.15) is 11.6 Å². The lowest BCUT2D eigenvalue weighted by atomic mass is 10.0. The van der Waals surface area contributed by atoms with Crippen LogP contribution in [0, 0.1) is 26.6 Å². The molecule has 0 fully saturated rings. The van der Waals surface area contributed by atoms with Crippen LogP contribution >= 0.6 is 0 Å². The summed E-state index contributed by atoms with van der Waals surface area (Å²) in [6.45, 7) is 5.85. The van der Waals surface area contributed by atoms with E-state index in [0.29, 0.717) is 5.75 Å². The minimum Gasteiger partial charge on any atom is -0.484 e. The summed E-state index contributed by atoms with van der Waals surface area (Å²) in [5.74, 6) is -0.306. The fraction of sp³-hybridized carbons (Fsp3) is 0.222. The molecule has 0 bridgehead atoms. The van der Waals surface area contributed by atoms with Crippen molar-refractivity contribution in [3.63, 3.8) is 0 Å². The number of carbonyl (C=O) groups excluding carboxylic acids is 1. The maximum absolute atomic E-state index is 12.7. The Hall–Kier alpha value is -2.69. The SMILES string of the molecule is Cc1cc(C)c(/C=N\NC(=O)COc2ccc(F)cc2)c(C)c1. The number of nitrogens with one attached hydrogen (secondary N) is 1. The van der Waals surface area contributed by atoms with Gasteiger partial charge in [0.05, 0.1) is 6.21 Å². The maximum atomic E-state index is 12.7. The second-order valence-electron chi connectivity index (χ2n) is 5.35. The summed E-state index contributed by atoms with van der Waals surface area (Å²) in [6.07, 6.45) is 1.62. The molecule has 2 aromatic rings. The molecule has 120 valence electrons. The molecule has 0 unspecified atom stereocenters. The van der Waals surface area contributed by atoms with Crippen LogP contribution in [0.25, 0.3) is 0 Å². The van der Waals surface area contributed by atoms with Gasteiger partial charge in [0, 0.05) is 5.56 Å². The van der Waals surface area contributed by atoms with Gasteiger partial charge in [-0.2, -0.15) is 5.10 Å². The Kier molecular flexibility index (Phi) is 5.46. The fourth-order valence-corrected chi connectivity index (χ4v) is 2.28. The van der Waals surface area contributed by atoms with Crippen molar-refractivity contribution in [2.24, 2.45) is 5.10 Å². The Morgan fingerprint density at radius 2 is 1.78 bits per heavy atom. The van der Waals surface area contributed by atoms with Gasteiger partial charge >= 0.3 is 0 Å². The van der Waals surface area contributed by atoms with E-state index in [0.717, 1.165) is 16.7 Å². The highest BCUT2D eigenvalue weighted by atomic mass is 19.1. The molecular formula is C18H19FN2O2. The average Bonchev–Trinajstić information content (AvgIpc) is 2.49. The molecule has 0 aliphatic rings. The Balaban J connectivity index is 1.88. The summed E-state index contributed by atoms with van der Waals surface area (Å²) in [6, 6.07) is 9.60. The number of hydrogen-bond acceptors (Lipinski definition) is 3. The molecule has 0 radical (unpaired) electrons. The van der Waals surface area contributed by atoms with Crippen LogP contribution in [-0.2, 0) is 4.79 Å². The zero-order valence-electron chi connectivity index (χ0n) is 13.4. The van der Waals surface area contributed by atoms with E-state index in [1.54, 1.807) is 6.21 Å². The lowest BCUT2D eigenvalue weighted by Gasteiger charge is -2.07. The first-order valence-corrected chi connectivity index (χ1v) is 7.24. The van der Waals surface area contributed by atoms with Crippen LogP contribution in [0.15, 0.2) is 41.5 Å². The fourth-order valence-electron chi connectivity index (χ4n) is 2.28. The van der Waals surface area contributed by atoms with Crippen molar-refractivity contribution >= 4 is 12.1 Å². The number of nitrogens with zero attached hydrogens (tertiary/aromatic N) is 1. The Bertz CT molecular complexity index is 701. The first-order valence-electron chi connectivity index (χ1n) is 7.24. The summed E-state index contributed by atoms with van der Waals surface area (Å²) in [5.41, 5.74) is 6.78. The van der Waals surface area contributed by atoms with Gasteiger partial charge in [0.25, 0.3) is 5.91 Å². The van der Waals surface area contributed by atoms with Crippen molar-refractivity contribution in [2.45, 2.75) is 20.8 Å². The third kappa shape index (κ3) is 4.92. The second kappa shape index (κ2) is 7.54. The van der Waals surface area contributed by atoms with E-state index in [1.807, 2.05) is 20.8 Å². The predicted octanol–water partition coefficient (Wildman–Crippen LogP) is 3.28. The van der Waals surface area contributed by atoms with E-state index in [2.05, 4.69) is 22.7 Å². The van der Waals surface area contributed by atoms with E-state index in [1.165, 1.54) is 29.8 Å². The summed E-state index contributed by atoms with van der Waals surface area (Å²) in [4.78, 5) is 11.7. The highest BCUT2D eigenvalue weighted by Crippen LogP contribution is 2.14. The predicted molar refractivity (Wildman–Crippen MR) is 88.3 cm³/mol. The third-order valence-corrected chi connectivity index (χ3v) is 3.30. The van der Waals surface area contributed by atoms with Gasteiger partial charge in [-0.3, -0.25) is 4.79 Å². The first-order chi connectivity index (χ1) is 11.0. The van der Waals surface area contributed by atoms with Crippen LogP contribution in [0.1, 0.15) is 22.3 Å². The number of aryl methyl sites for hydroxylation is 3. The van der Waals surface area contributed by atoms with E-state index >= 15 is 0 Å². The van der Waals surface area contributed by atoms with Gasteiger partial charge in [-0.1, -0.05) is 17.7 Å². The van der Waals surface area contributed by atoms with E-state index in [-0.39, 0.29) is 18.3 Å². The number of hydrogen-bond donors (Lipinski definition) is 1. The molecule has 2 aromatic carbocycles. The van der Waals surface area contributed by atoms with Crippen molar-refractivity contribution < 1.29 is 13.9 Å². The highest BCUT2D eigenvalue weighted by Gasteiger charge is 2.03. The summed E-state index contributed by atoms with van der Waals surface area (Å²) in [7, 11) is 0. The molecular weight excluding hydrogens is 295 g/mol. The molecule has 0 spiro atoms. The molecule has 0 aliphatic carbocycles. The van der Waals surface area contributed by atoms with Gasteiger partial charge in [0.15, 0.2) is 6.61 Å². The molecule has 5 heteroatoms. The summed E-state index contributed by atoms with van der Waals surface area (Å²) >= 11 is 0. The van der Waals surface area contributed by atoms with Crippen molar-refractivity contribution in [3.8, 4) is 5.75 Å². The zero-order chi connectivity index (χ0) is 16.8. The Labute approximate surface area is 135 Å². The van der Waals surface area contributed by atoms with Crippen molar-refractivity contribution in [3.05, 3.63) is 64.5 Å². The minimum absolute atomic E-state index is 0.186. The Morgan fingerprint density at radius 3 is 2.39 bits per heavy atom. The molecule has 4 nitrogen and oxygen atoms in total. The van der Waals surface area contributed by atoms with Gasteiger partial charge in [-0.05, 0) is 56.2 Å². The smallest absolute Gasteiger partial charge is 0.277 e. The van der Waals surface area contributed by atoms with Gasteiger partial charge in [-0.25, -0.2) is 9.82 Å². The minimum atomic E-state index is -0.381. The molecule has 0 saturated carbocycles. The van der Waals surface area contributed by atoms with E-state index in [4.69, 9.17) is 4.74 Å². The summed E-state index contributed by atoms with van der Waals surface area (Å²) < 4.78 is 18.0. The Morgan fingerprint density at radius 1 is 1.17 bits per heavy atom. The van der Waals surface area contributed by atoms with Gasteiger partial charge in [0.2, 0.25) is 0 Å². The molecule has 0 atom stereocenters. The molecule has 23 heavy (non-hydrogen) atoms. The topological polar surface area (TPSA) is 50.7 Å². The van der Waals surface area contributed by atoms with E-state index < -0.39 is 0 Å². The first kappa shape index (κ1) is 16.7.